The number of hydrogen-bond acceptors (Lipinski definition) is 6. The third kappa shape index (κ3) is 5.84. The molecule has 4 aromatic rings. The molecule has 6 rings (SSSR count). The number of piperidine rings is 1. The number of morpholine rings is 1. The summed E-state index contributed by atoms with van der Waals surface area (Å²) in [7, 11) is 0. The molecule has 2 aliphatic heterocycles. The second kappa shape index (κ2) is 11.7. The van der Waals surface area contributed by atoms with E-state index in [1.807, 2.05) is 32.0 Å². The predicted octanol–water partition coefficient (Wildman–Crippen LogP) is 4.83. The third-order valence-corrected chi connectivity index (χ3v) is 9.22. The van der Waals surface area contributed by atoms with Gasteiger partial charge >= 0.3 is 0 Å². The highest BCUT2D eigenvalue weighted by atomic mass is 35.5. The van der Waals surface area contributed by atoms with Crippen LogP contribution in [0.3, 0.4) is 0 Å². The van der Waals surface area contributed by atoms with E-state index in [-0.39, 0.29) is 30.2 Å². The monoisotopic (exact) mass is 623 g/mol. The van der Waals surface area contributed by atoms with Gasteiger partial charge in [0, 0.05) is 25.3 Å². The van der Waals surface area contributed by atoms with Crippen LogP contribution < -0.4 is 10.9 Å². The Balaban J connectivity index is 1.19. The summed E-state index contributed by atoms with van der Waals surface area (Å²) in [6, 6.07) is 13.2. The Morgan fingerprint density at radius 3 is 2.58 bits per heavy atom. The molecular formula is C32H35Cl2N5O4. The Hall–Kier alpha value is -3.21. The normalized spacial score (nSPS) is 20.5. The van der Waals surface area contributed by atoms with Gasteiger partial charge in [-0.05, 0) is 80.6 Å². The number of aryl methyl sites for hydroxylation is 2. The molecule has 2 atom stereocenters. The number of halogens is 2. The Kier molecular flexibility index (Phi) is 8.12. The van der Waals surface area contributed by atoms with Crippen molar-refractivity contribution in [2.75, 3.05) is 26.2 Å². The van der Waals surface area contributed by atoms with Crippen LogP contribution in [0.4, 0.5) is 0 Å². The topological polar surface area (TPSA) is 102 Å². The molecule has 2 aliphatic rings. The number of nitrogens with zero attached hydrogens (tertiary/aromatic N) is 4. The Labute approximate surface area is 260 Å². The summed E-state index contributed by atoms with van der Waals surface area (Å²) in [6.07, 6.45) is 2.29. The molecule has 2 saturated heterocycles. The van der Waals surface area contributed by atoms with Crippen LogP contribution in [0.2, 0.25) is 10.2 Å². The third-order valence-electron chi connectivity index (χ3n) is 8.63. The van der Waals surface area contributed by atoms with Crippen molar-refractivity contribution in [3.8, 4) is 5.69 Å². The van der Waals surface area contributed by atoms with E-state index in [1.165, 1.54) is 10.9 Å². The second-order valence-electron chi connectivity index (χ2n) is 11.9. The average molecular weight is 625 g/mol. The van der Waals surface area contributed by atoms with Gasteiger partial charge in [-0.1, -0.05) is 35.3 Å². The number of rotatable bonds is 5. The zero-order valence-corrected chi connectivity index (χ0v) is 26.0. The highest BCUT2D eigenvalue weighted by molar-refractivity contribution is 6.34. The summed E-state index contributed by atoms with van der Waals surface area (Å²) in [5.41, 5.74) is 3.47. The molecule has 2 fully saturated rings. The number of fused-ring (bicyclic) bond motifs is 1. The molecule has 0 aliphatic carbocycles. The largest absolute Gasteiger partial charge is 0.388 e. The summed E-state index contributed by atoms with van der Waals surface area (Å²) in [4.78, 5) is 32.9. The van der Waals surface area contributed by atoms with Gasteiger partial charge in [0.1, 0.15) is 11.5 Å². The molecule has 9 nitrogen and oxygen atoms in total. The average Bonchev–Trinajstić information content (AvgIpc) is 3.32. The van der Waals surface area contributed by atoms with Crippen molar-refractivity contribution < 1.29 is 14.6 Å². The first-order valence-electron chi connectivity index (χ1n) is 14.5. The van der Waals surface area contributed by atoms with E-state index in [2.05, 4.69) is 23.3 Å². The lowest BCUT2D eigenvalue weighted by Gasteiger charge is -2.38. The summed E-state index contributed by atoms with van der Waals surface area (Å²) in [5.74, 6) is -0.163. The SMILES string of the molecule is Cc1ccc(C(=O)N2CCC(O)(Cn3cnc4c(cc(Cl)n4-c4ccc(C5CO[C@H](C)CN5)c(C)c4)c3=O)CC2)c(Cl)c1. The van der Waals surface area contributed by atoms with Gasteiger partial charge in [-0.3, -0.25) is 18.7 Å². The molecule has 0 radical (unpaired) electrons. The highest BCUT2D eigenvalue weighted by Crippen LogP contribution is 2.30. The van der Waals surface area contributed by atoms with Gasteiger partial charge in [-0.2, -0.15) is 0 Å². The summed E-state index contributed by atoms with van der Waals surface area (Å²) < 4.78 is 9.03. The molecular weight excluding hydrogens is 589 g/mol. The van der Waals surface area contributed by atoms with E-state index in [9.17, 15) is 14.7 Å². The van der Waals surface area contributed by atoms with Crippen molar-refractivity contribution >= 4 is 40.1 Å². The minimum atomic E-state index is -1.17. The van der Waals surface area contributed by atoms with Crippen molar-refractivity contribution in [2.45, 2.75) is 57.9 Å². The van der Waals surface area contributed by atoms with E-state index < -0.39 is 5.60 Å². The van der Waals surface area contributed by atoms with Crippen LogP contribution in [0, 0.1) is 13.8 Å². The molecule has 1 unspecified atom stereocenters. The number of aliphatic hydroxyl groups is 1. The first-order chi connectivity index (χ1) is 20.5. The van der Waals surface area contributed by atoms with Crippen LogP contribution in [0.15, 0.2) is 53.6 Å². The van der Waals surface area contributed by atoms with E-state index in [1.54, 1.807) is 27.7 Å². The molecule has 1 amide bonds. The quantitative estimate of drug-likeness (QED) is 0.330. The van der Waals surface area contributed by atoms with Crippen molar-refractivity contribution in [3.05, 3.63) is 91.6 Å². The zero-order chi connectivity index (χ0) is 30.5. The zero-order valence-electron chi connectivity index (χ0n) is 24.4. The molecule has 43 heavy (non-hydrogen) atoms. The fraction of sp³-hybridized carbons (Fsp3) is 0.406. The standard InChI is InChI=1S/C32H35Cl2N5O4/c1-19-4-6-24(26(33)12-19)30(40)37-10-8-32(42,9-11-37)17-38-18-36-29-25(31(38)41)14-28(34)39(29)22-5-7-23(20(2)13-22)27-16-43-21(3)15-35-27/h4-7,12-14,18,21,27,35,42H,8-11,15-17H2,1-3H3/t21-,27?/m1/s1. The number of nitrogens with one attached hydrogen (secondary N) is 1. The van der Waals surface area contributed by atoms with Crippen LogP contribution in [0.1, 0.15) is 52.9 Å². The molecule has 2 N–H and O–H groups in total. The number of amides is 1. The number of likely N-dealkylation sites (tertiary alicyclic amines) is 1. The van der Waals surface area contributed by atoms with Gasteiger partial charge in [0.15, 0.2) is 5.65 Å². The van der Waals surface area contributed by atoms with Gasteiger partial charge in [-0.25, -0.2) is 4.98 Å². The van der Waals surface area contributed by atoms with Crippen LogP contribution in [-0.2, 0) is 11.3 Å². The number of benzene rings is 2. The molecule has 2 aromatic heterocycles. The van der Waals surface area contributed by atoms with Crippen LogP contribution in [0.25, 0.3) is 16.7 Å². The van der Waals surface area contributed by atoms with Gasteiger partial charge in [-0.15, -0.1) is 0 Å². The minimum Gasteiger partial charge on any atom is -0.388 e. The first kappa shape index (κ1) is 29.8. The molecule has 4 heterocycles. The molecule has 2 aromatic carbocycles. The van der Waals surface area contributed by atoms with Gasteiger partial charge < -0.3 is 20.1 Å². The van der Waals surface area contributed by atoms with Crippen molar-refractivity contribution in [1.82, 2.24) is 24.3 Å². The van der Waals surface area contributed by atoms with E-state index in [0.29, 0.717) is 59.3 Å². The number of hydrogen-bond donors (Lipinski definition) is 2. The Morgan fingerprint density at radius 1 is 1.14 bits per heavy atom. The summed E-state index contributed by atoms with van der Waals surface area (Å²) >= 11 is 13.0. The predicted molar refractivity (Wildman–Crippen MR) is 168 cm³/mol. The fourth-order valence-corrected chi connectivity index (χ4v) is 6.69. The van der Waals surface area contributed by atoms with Crippen molar-refractivity contribution in [1.29, 1.82) is 0 Å². The number of ether oxygens (including phenoxy) is 1. The maximum absolute atomic E-state index is 13.6. The van der Waals surface area contributed by atoms with Gasteiger partial charge in [0.05, 0.1) is 46.9 Å². The molecule has 11 heteroatoms. The van der Waals surface area contributed by atoms with E-state index in [4.69, 9.17) is 27.9 Å². The van der Waals surface area contributed by atoms with Crippen molar-refractivity contribution in [3.63, 3.8) is 0 Å². The second-order valence-corrected chi connectivity index (χ2v) is 12.7. The summed E-state index contributed by atoms with van der Waals surface area (Å²) in [5, 5.41) is 16.1. The lowest BCUT2D eigenvalue weighted by molar-refractivity contribution is -0.0299. The fourth-order valence-electron chi connectivity index (χ4n) is 6.09. The molecule has 0 bridgehead atoms. The van der Waals surface area contributed by atoms with Crippen LogP contribution >= 0.6 is 23.2 Å². The van der Waals surface area contributed by atoms with E-state index in [0.717, 1.165) is 28.9 Å². The Bertz CT molecular complexity index is 1750. The lowest BCUT2D eigenvalue weighted by atomic mass is 9.91. The van der Waals surface area contributed by atoms with Gasteiger partial charge in [0.2, 0.25) is 0 Å². The smallest absolute Gasteiger partial charge is 0.262 e. The first-order valence-corrected chi connectivity index (χ1v) is 15.3. The van der Waals surface area contributed by atoms with Crippen LogP contribution in [0.5, 0.6) is 0 Å². The maximum Gasteiger partial charge on any atom is 0.262 e. The number of carbonyl (C=O) groups is 1. The van der Waals surface area contributed by atoms with Crippen molar-refractivity contribution in [2.24, 2.45) is 0 Å². The molecule has 0 spiro atoms. The van der Waals surface area contributed by atoms with Gasteiger partial charge in [0.25, 0.3) is 11.5 Å². The number of carbonyl (C=O) groups excluding carboxylic acids is 1. The minimum absolute atomic E-state index is 0.0633. The highest BCUT2D eigenvalue weighted by Gasteiger charge is 2.35. The number of aromatic nitrogens is 3. The molecule has 0 saturated carbocycles. The maximum atomic E-state index is 13.6. The van der Waals surface area contributed by atoms with Crippen LogP contribution in [-0.4, -0.2) is 68.0 Å². The Morgan fingerprint density at radius 2 is 1.91 bits per heavy atom. The molecule has 226 valence electrons. The van der Waals surface area contributed by atoms with E-state index >= 15 is 0 Å². The summed E-state index contributed by atoms with van der Waals surface area (Å²) in [6.45, 7) is 8.19. The lowest BCUT2D eigenvalue weighted by Crippen LogP contribution is -2.49.